The minimum Gasteiger partial charge on any atom is -0.492 e. The number of anilines is 3. The van der Waals surface area contributed by atoms with Gasteiger partial charge in [0.25, 0.3) is 0 Å². The molecule has 1 aromatic carbocycles. The monoisotopic (exact) mass is 481 g/mol. The lowest BCUT2D eigenvalue weighted by atomic mass is 10.1. The Kier molecular flexibility index (Phi) is 8.85. The maximum atomic E-state index is 13.4. The zero-order valence-electron chi connectivity index (χ0n) is 19.2. The fourth-order valence-electron chi connectivity index (χ4n) is 2.71. The van der Waals surface area contributed by atoms with Crippen molar-refractivity contribution in [2.75, 3.05) is 50.2 Å². The summed E-state index contributed by atoms with van der Waals surface area (Å²) in [5.74, 6) is -1.16. The van der Waals surface area contributed by atoms with Gasteiger partial charge in [-0.05, 0) is 40.1 Å². The van der Waals surface area contributed by atoms with Gasteiger partial charge in [0, 0.05) is 18.3 Å². The molecule has 0 unspecified atom stereocenters. The van der Waals surface area contributed by atoms with E-state index in [0.717, 1.165) is 12.1 Å². The number of hydrogen-bond acceptors (Lipinski definition) is 9. The lowest BCUT2D eigenvalue weighted by Gasteiger charge is -2.19. The molecule has 4 N–H and O–H groups in total. The normalized spacial score (nSPS) is 12.1. The van der Waals surface area contributed by atoms with Crippen LogP contribution in [0.2, 0.25) is 0 Å². The van der Waals surface area contributed by atoms with Crippen molar-refractivity contribution in [3.05, 3.63) is 29.3 Å². The summed E-state index contributed by atoms with van der Waals surface area (Å²) < 4.78 is 50.8. The molecule has 184 valence electrons. The van der Waals surface area contributed by atoms with E-state index in [1.54, 1.807) is 6.92 Å². The number of nitrogens with one attached hydrogen (secondary N) is 2. The molecule has 0 fully saturated rings. The van der Waals surface area contributed by atoms with Crippen molar-refractivity contribution in [1.29, 1.82) is 5.26 Å². The smallest absolute Gasteiger partial charge is 0.416 e. The standard InChI is InChI=1S/C21H26F3N7O3/c1-5-33-19-16(11-25)17(29-20(26)30-19)28-18(32)12(2)27-14-8-13(21(22,23)24)9-15(10-14)34-7-6-31(3)4/h8-10,12,27H,5-7H2,1-4H3,(H3,26,28,29,30,32)/t12-/m0/s1. The maximum absolute atomic E-state index is 13.4. The molecule has 0 bridgehead atoms. The second-order valence-corrected chi connectivity index (χ2v) is 7.41. The number of aromatic nitrogens is 2. The Labute approximate surface area is 194 Å². The number of nitriles is 1. The highest BCUT2D eigenvalue weighted by molar-refractivity contribution is 5.96. The number of ether oxygens (including phenoxy) is 2. The number of halogens is 3. The van der Waals surface area contributed by atoms with E-state index < -0.39 is 23.7 Å². The number of hydrogen-bond donors (Lipinski definition) is 3. The van der Waals surface area contributed by atoms with Crippen molar-refractivity contribution in [3.8, 4) is 17.7 Å². The van der Waals surface area contributed by atoms with Crippen LogP contribution in [0.5, 0.6) is 11.6 Å². The van der Waals surface area contributed by atoms with Crippen LogP contribution in [0.15, 0.2) is 18.2 Å². The molecule has 0 radical (unpaired) electrons. The van der Waals surface area contributed by atoms with Crippen LogP contribution in [-0.2, 0) is 11.0 Å². The lowest BCUT2D eigenvalue weighted by Crippen LogP contribution is -2.32. The number of alkyl halides is 3. The molecule has 1 amide bonds. The summed E-state index contributed by atoms with van der Waals surface area (Å²) in [4.78, 5) is 22.2. The highest BCUT2D eigenvalue weighted by atomic mass is 19.4. The number of nitrogen functional groups attached to an aromatic ring is 1. The predicted octanol–water partition coefficient (Wildman–Crippen LogP) is 2.73. The van der Waals surface area contributed by atoms with Gasteiger partial charge in [0.2, 0.25) is 17.7 Å². The zero-order valence-corrected chi connectivity index (χ0v) is 19.2. The number of carbonyl (C=O) groups is 1. The summed E-state index contributed by atoms with van der Waals surface area (Å²) in [6.45, 7) is 3.99. The molecule has 0 aliphatic heterocycles. The number of likely N-dealkylation sites (N-methyl/N-ethyl adjacent to an activating group) is 1. The van der Waals surface area contributed by atoms with E-state index in [2.05, 4.69) is 20.6 Å². The summed E-state index contributed by atoms with van der Waals surface area (Å²) in [7, 11) is 3.62. The van der Waals surface area contributed by atoms with Gasteiger partial charge < -0.3 is 30.7 Å². The number of rotatable bonds is 10. The Balaban J connectivity index is 2.23. The van der Waals surface area contributed by atoms with Crippen LogP contribution in [-0.4, -0.2) is 60.7 Å². The number of nitrogens with two attached hydrogens (primary N) is 1. The van der Waals surface area contributed by atoms with Gasteiger partial charge in [-0.1, -0.05) is 0 Å². The van der Waals surface area contributed by atoms with Crippen LogP contribution in [0.3, 0.4) is 0 Å². The third-order valence-corrected chi connectivity index (χ3v) is 4.35. The Morgan fingerprint density at radius 2 is 1.97 bits per heavy atom. The average Bonchev–Trinajstić information content (AvgIpc) is 2.72. The van der Waals surface area contributed by atoms with Crippen LogP contribution in [0.25, 0.3) is 0 Å². The second-order valence-electron chi connectivity index (χ2n) is 7.41. The molecule has 0 aliphatic carbocycles. The SMILES string of the molecule is CCOc1nc(N)nc(NC(=O)[C@H](C)Nc2cc(OCCN(C)C)cc(C(F)(F)F)c2)c1C#N. The van der Waals surface area contributed by atoms with Crippen molar-refractivity contribution >= 4 is 23.4 Å². The lowest BCUT2D eigenvalue weighted by molar-refractivity contribution is -0.137. The van der Waals surface area contributed by atoms with Crippen molar-refractivity contribution in [2.24, 2.45) is 0 Å². The third-order valence-electron chi connectivity index (χ3n) is 4.35. The van der Waals surface area contributed by atoms with Crippen LogP contribution in [0.4, 0.5) is 30.6 Å². The topological polar surface area (TPSA) is 138 Å². The van der Waals surface area contributed by atoms with Crippen molar-refractivity contribution < 1.29 is 27.4 Å². The summed E-state index contributed by atoms with van der Waals surface area (Å²) >= 11 is 0. The first kappa shape index (κ1) is 26.5. The number of carbonyl (C=O) groups excluding carboxylic acids is 1. The molecule has 0 saturated heterocycles. The van der Waals surface area contributed by atoms with E-state index in [0.29, 0.717) is 6.54 Å². The molecule has 0 saturated carbocycles. The van der Waals surface area contributed by atoms with Crippen molar-refractivity contribution in [2.45, 2.75) is 26.1 Å². The molecule has 1 heterocycles. The number of nitrogens with zero attached hydrogens (tertiary/aromatic N) is 4. The highest BCUT2D eigenvalue weighted by Gasteiger charge is 2.32. The van der Waals surface area contributed by atoms with E-state index in [1.807, 2.05) is 25.1 Å². The molecule has 10 nitrogen and oxygen atoms in total. The average molecular weight is 481 g/mol. The van der Waals surface area contributed by atoms with Crippen molar-refractivity contribution in [1.82, 2.24) is 14.9 Å². The van der Waals surface area contributed by atoms with Crippen LogP contribution >= 0.6 is 0 Å². The van der Waals surface area contributed by atoms with Gasteiger partial charge in [0.1, 0.15) is 24.5 Å². The minimum atomic E-state index is -4.61. The van der Waals surface area contributed by atoms with Crippen LogP contribution in [0.1, 0.15) is 25.0 Å². The molecular formula is C21H26F3N7O3. The van der Waals surface area contributed by atoms with Crippen LogP contribution in [0, 0.1) is 11.3 Å². The number of amides is 1. The summed E-state index contributed by atoms with van der Waals surface area (Å²) in [6.07, 6.45) is -4.61. The number of benzene rings is 1. The molecule has 13 heteroatoms. The van der Waals surface area contributed by atoms with E-state index >= 15 is 0 Å². The summed E-state index contributed by atoms with van der Waals surface area (Å²) in [6, 6.07) is 3.96. The quantitative estimate of drug-likeness (QED) is 0.467. The molecule has 1 atom stereocenters. The van der Waals surface area contributed by atoms with Gasteiger partial charge in [-0.15, -0.1) is 0 Å². The van der Waals surface area contributed by atoms with Crippen molar-refractivity contribution in [3.63, 3.8) is 0 Å². The highest BCUT2D eigenvalue weighted by Crippen LogP contribution is 2.34. The summed E-state index contributed by atoms with van der Waals surface area (Å²) in [5.41, 5.74) is 4.58. The molecule has 1 aromatic heterocycles. The van der Waals surface area contributed by atoms with Gasteiger partial charge >= 0.3 is 6.18 Å². The Hall–Kier alpha value is -3.79. The molecule has 0 spiro atoms. The van der Waals surface area contributed by atoms with Gasteiger partial charge in [-0.3, -0.25) is 4.79 Å². The van der Waals surface area contributed by atoms with E-state index in [-0.39, 0.29) is 47.9 Å². The molecule has 2 aromatic rings. The van der Waals surface area contributed by atoms with Gasteiger partial charge in [-0.25, -0.2) is 0 Å². The van der Waals surface area contributed by atoms with Crippen LogP contribution < -0.4 is 25.8 Å². The third kappa shape index (κ3) is 7.38. The van der Waals surface area contributed by atoms with E-state index in [9.17, 15) is 23.2 Å². The molecule has 2 rings (SSSR count). The van der Waals surface area contributed by atoms with E-state index in [4.69, 9.17) is 15.2 Å². The van der Waals surface area contributed by atoms with Gasteiger partial charge in [0.05, 0.1) is 12.2 Å². The molecular weight excluding hydrogens is 455 g/mol. The Morgan fingerprint density at radius 3 is 2.56 bits per heavy atom. The second kappa shape index (κ2) is 11.4. The fraction of sp³-hybridized carbons (Fsp3) is 0.429. The first-order valence-corrected chi connectivity index (χ1v) is 10.2. The first-order chi connectivity index (χ1) is 15.9. The molecule has 0 aliphatic rings. The van der Waals surface area contributed by atoms with E-state index in [1.165, 1.54) is 13.0 Å². The Morgan fingerprint density at radius 1 is 1.26 bits per heavy atom. The zero-order chi connectivity index (χ0) is 25.5. The first-order valence-electron chi connectivity index (χ1n) is 10.2. The predicted molar refractivity (Wildman–Crippen MR) is 120 cm³/mol. The fourth-order valence-corrected chi connectivity index (χ4v) is 2.71. The Bertz CT molecular complexity index is 1060. The van der Waals surface area contributed by atoms with Gasteiger partial charge in [0.15, 0.2) is 11.4 Å². The molecule has 34 heavy (non-hydrogen) atoms. The summed E-state index contributed by atoms with van der Waals surface area (Å²) in [5, 5.41) is 14.6. The van der Waals surface area contributed by atoms with Gasteiger partial charge in [-0.2, -0.15) is 28.4 Å². The maximum Gasteiger partial charge on any atom is 0.416 e. The minimum absolute atomic E-state index is 0.00322. The largest absolute Gasteiger partial charge is 0.492 e.